The molecule has 0 radical (unpaired) electrons. The Morgan fingerprint density at radius 1 is 1.22 bits per heavy atom. The molecular weight excluding hydrogens is 306 g/mol. The summed E-state index contributed by atoms with van der Waals surface area (Å²) < 4.78 is 0. The van der Waals surface area contributed by atoms with Gasteiger partial charge in [-0.1, -0.05) is 31.2 Å². The molecule has 118 valence electrons. The van der Waals surface area contributed by atoms with Gasteiger partial charge in [-0.15, -0.1) is 11.3 Å². The topological polar surface area (TPSA) is 54.0 Å². The van der Waals surface area contributed by atoms with Gasteiger partial charge in [0.2, 0.25) is 0 Å². The maximum Gasteiger partial charge on any atom is 0.319 e. The van der Waals surface area contributed by atoms with Gasteiger partial charge in [0.15, 0.2) is 0 Å². The summed E-state index contributed by atoms with van der Waals surface area (Å²) in [6.45, 7) is 2.68. The van der Waals surface area contributed by atoms with Gasteiger partial charge in [-0.05, 0) is 36.4 Å². The highest BCUT2D eigenvalue weighted by molar-refractivity contribution is 7.09. The van der Waals surface area contributed by atoms with E-state index in [2.05, 4.69) is 28.6 Å². The number of rotatable bonds is 5. The van der Waals surface area contributed by atoms with E-state index in [0.29, 0.717) is 6.54 Å². The second-order valence-electron chi connectivity index (χ2n) is 5.24. The van der Waals surface area contributed by atoms with Gasteiger partial charge in [0.1, 0.15) is 0 Å². The van der Waals surface area contributed by atoms with Crippen molar-refractivity contribution in [2.45, 2.75) is 19.8 Å². The van der Waals surface area contributed by atoms with Crippen LogP contribution in [-0.4, -0.2) is 17.6 Å². The summed E-state index contributed by atoms with van der Waals surface area (Å²) in [7, 11) is 0. The van der Waals surface area contributed by atoms with Crippen LogP contribution < -0.4 is 10.6 Å². The molecule has 2 amide bonds. The predicted molar refractivity (Wildman–Crippen MR) is 96.2 cm³/mol. The number of fused-ring (bicyclic) bond motifs is 1. The average Bonchev–Trinajstić information content (AvgIpc) is 3.08. The number of nitrogens with one attached hydrogen (secondary N) is 2. The molecule has 0 aliphatic carbocycles. The predicted octanol–water partition coefficient (Wildman–Crippen LogP) is 4.22. The van der Waals surface area contributed by atoms with E-state index in [9.17, 15) is 4.79 Å². The quantitative estimate of drug-likeness (QED) is 0.738. The minimum atomic E-state index is -0.181. The van der Waals surface area contributed by atoms with Crippen molar-refractivity contribution in [2.75, 3.05) is 11.9 Å². The number of aromatic nitrogens is 1. The molecule has 4 nitrogen and oxygen atoms in total. The zero-order valence-electron chi connectivity index (χ0n) is 13.0. The molecule has 3 rings (SSSR count). The number of amides is 2. The number of thiophene rings is 1. The molecule has 0 spiro atoms. The summed E-state index contributed by atoms with van der Waals surface area (Å²) in [5, 5.41) is 8.86. The van der Waals surface area contributed by atoms with Gasteiger partial charge in [0, 0.05) is 22.5 Å². The Kier molecular flexibility index (Phi) is 4.88. The number of hydrogen-bond acceptors (Lipinski definition) is 3. The molecule has 0 fully saturated rings. The molecule has 3 aromatic rings. The minimum Gasteiger partial charge on any atom is -0.338 e. The number of carbonyl (C=O) groups excluding carboxylic acids is 1. The smallest absolute Gasteiger partial charge is 0.319 e. The van der Waals surface area contributed by atoms with Gasteiger partial charge < -0.3 is 10.6 Å². The van der Waals surface area contributed by atoms with Crippen LogP contribution in [0.4, 0.5) is 10.5 Å². The summed E-state index contributed by atoms with van der Waals surface area (Å²) in [4.78, 5) is 18.0. The molecule has 0 saturated heterocycles. The third-order valence-corrected chi connectivity index (χ3v) is 4.55. The fourth-order valence-electron chi connectivity index (χ4n) is 2.44. The Labute approximate surface area is 139 Å². The van der Waals surface area contributed by atoms with Gasteiger partial charge in [-0.3, -0.25) is 4.98 Å². The Morgan fingerprint density at radius 2 is 2.09 bits per heavy atom. The number of aryl methyl sites for hydroxylation is 1. The lowest BCUT2D eigenvalue weighted by molar-refractivity contribution is 0.252. The lowest BCUT2D eigenvalue weighted by atomic mass is 10.1. The summed E-state index contributed by atoms with van der Waals surface area (Å²) in [5.41, 5.74) is 2.68. The van der Waals surface area contributed by atoms with Crippen LogP contribution >= 0.6 is 11.3 Å². The fourth-order valence-corrected chi connectivity index (χ4v) is 3.14. The summed E-state index contributed by atoms with van der Waals surface area (Å²) in [5.74, 6) is 0. The maximum atomic E-state index is 12.1. The fraction of sp³-hybridized carbons (Fsp3) is 0.222. The molecule has 0 aliphatic heterocycles. The van der Waals surface area contributed by atoms with Crippen LogP contribution in [0, 0.1) is 0 Å². The Bertz CT molecular complexity index is 799. The molecule has 0 aliphatic rings. The highest BCUT2D eigenvalue weighted by atomic mass is 32.1. The number of hydrogen-bond donors (Lipinski definition) is 2. The highest BCUT2D eigenvalue weighted by Crippen LogP contribution is 2.23. The number of pyridine rings is 1. The number of para-hydroxylation sites is 1. The zero-order chi connectivity index (χ0) is 16.1. The van der Waals surface area contributed by atoms with E-state index in [1.807, 2.05) is 41.8 Å². The lowest BCUT2D eigenvalue weighted by Crippen LogP contribution is -2.30. The van der Waals surface area contributed by atoms with Crippen molar-refractivity contribution in [3.8, 4) is 0 Å². The van der Waals surface area contributed by atoms with Gasteiger partial charge >= 0.3 is 6.03 Å². The van der Waals surface area contributed by atoms with Crippen LogP contribution in [0.2, 0.25) is 0 Å². The standard InChI is InChI=1S/C18H19N3OS/c1-2-13-12-17(15-7-3-4-8-16(15)20-13)21-18(22)19-10-9-14-6-5-11-23-14/h3-8,11-12H,2,9-10H2,1H3,(H2,19,20,21,22). The van der Waals surface area contributed by atoms with Crippen molar-refractivity contribution < 1.29 is 4.79 Å². The molecule has 0 atom stereocenters. The molecular formula is C18H19N3OS. The van der Waals surface area contributed by atoms with Crippen molar-refractivity contribution in [1.82, 2.24) is 10.3 Å². The second-order valence-corrected chi connectivity index (χ2v) is 6.27. The number of urea groups is 1. The summed E-state index contributed by atoms with van der Waals surface area (Å²) in [6.07, 6.45) is 1.68. The van der Waals surface area contributed by atoms with Crippen LogP contribution in [0.1, 0.15) is 17.5 Å². The largest absolute Gasteiger partial charge is 0.338 e. The lowest BCUT2D eigenvalue weighted by Gasteiger charge is -2.11. The monoisotopic (exact) mass is 325 g/mol. The van der Waals surface area contributed by atoms with E-state index in [-0.39, 0.29) is 6.03 Å². The third-order valence-electron chi connectivity index (χ3n) is 3.62. The van der Waals surface area contributed by atoms with Crippen molar-refractivity contribution in [3.05, 3.63) is 58.4 Å². The molecule has 23 heavy (non-hydrogen) atoms. The molecule has 1 aromatic carbocycles. The Morgan fingerprint density at radius 3 is 2.87 bits per heavy atom. The van der Waals surface area contributed by atoms with E-state index in [1.54, 1.807) is 11.3 Å². The van der Waals surface area contributed by atoms with E-state index in [1.165, 1.54) is 4.88 Å². The maximum absolute atomic E-state index is 12.1. The number of benzene rings is 1. The van der Waals surface area contributed by atoms with Crippen LogP contribution in [0.25, 0.3) is 10.9 Å². The minimum absolute atomic E-state index is 0.181. The van der Waals surface area contributed by atoms with Gasteiger partial charge in [0.25, 0.3) is 0 Å². The summed E-state index contributed by atoms with van der Waals surface area (Å²) >= 11 is 1.71. The second kappa shape index (κ2) is 7.24. The summed E-state index contributed by atoms with van der Waals surface area (Å²) in [6, 6.07) is 13.7. The zero-order valence-corrected chi connectivity index (χ0v) is 13.8. The van der Waals surface area contributed by atoms with Gasteiger partial charge in [0.05, 0.1) is 11.2 Å². The van der Waals surface area contributed by atoms with Crippen molar-refractivity contribution in [3.63, 3.8) is 0 Å². The first-order valence-electron chi connectivity index (χ1n) is 7.72. The molecule has 2 aromatic heterocycles. The average molecular weight is 325 g/mol. The van der Waals surface area contributed by atoms with Crippen LogP contribution in [0.15, 0.2) is 47.8 Å². The van der Waals surface area contributed by atoms with Gasteiger partial charge in [-0.2, -0.15) is 0 Å². The first kappa shape index (κ1) is 15.5. The number of nitrogens with zero attached hydrogens (tertiary/aromatic N) is 1. The molecule has 5 heteroatoms. The molecule has 2 N–H and O–H groups in total. The Balaban J connectivity index is 1.69. The molecule has 0 saturated carbocycles. The van der Waals surface area contributed by atoms with Crippen LogP contribution in [0.3, 0.4) is 0 Å². The van der Waals surface area contributed by atoms with E-state index < -0.39 is 0 Å². The SMILES string of the molecule is CCc1cc(NC(=O)NCCc2cccs2)c2ccccc2n1. The number of anilines is 1. The van der Waals surface area contributed by atoms with Crippen molar-refractivity contribution >= 4 is 34.0 Å². The molecule has 0 bridgehead atoms. The van der Waals surface area contributed by atoms with E-state index in [0.717, 1.165) is 35.1 Å². The van der Waals surface area contributed by atoms with Crippen LogP contribution in [0.5, 0.6) is 0 Å². The van der Waals surface area contributed by atoms with Crippen molar-refractivity contribution in [1.29, 1.82) is 0 Å². The van der Waals surface area contributed by atoms with E-state index in [4.69, 9.17) is 0 Å². The van der Waals surface area contributed by atoms with Gasteiger partial charge in [-0.25, -0.2) is 4.79 Å². The van der Waals surface area contributed by atoms with E-state index >= 15 is 0 Å². The first-order chi connectivity index (χ1) is 11.3. The first-order valence-corrected chi connectivity index (χ1v) is 8.60. The normalized spacial score (nSPS) is 10.7. The molecule has 0 unspecified atom stereocenters. The molecule has 2 heterocycles. The highest BCUT2D eigenvalue weighted by Gasteiger charge is 2.08. The van der Waals surface area contributed by atoms with Crippen molar-refractivity contribution in [2.24, 2.45) is 0 Å². The third kappa shape index (κ3) is 3.87. The van der Waals surface area contributed by atoms with Crippen LogP contribution in [-0.2, 0) is 12.8 Å². The number of carbonyl (C=O) groups is 1. The Hall–Kier alpha value is -2.40.